The maximum absolute atomic E-state index is 12.1. The Bertz CT molecular complexity index is 569. The van der Waals surface area contributed by atoms with E-state index in [9.17, 15) is 9.59 Å². The van der Waals surface area contributed by atoms with Gasteiger partial charge in [-0.2, -0.15) is 0 Å². The first-order valence-electron chi connectivity index (χ1n) is 6.64. The third kappa shape index (κ3) is 5.67. The maximum atomic E-state index is 12.1. The van der Waals surface area contributed by atoms with Crippen LogP contribution in [0.15, 0.2) is 18.2 Å². The van der Waals surface area contributed by atoms with Gasteiger partial charge < -0.3 is 15.2 Å². The normalized spacial score (nSPS) is 9.48. The fourth-order valence-electron chi connectivity index (χ4n) is 1.64. The molecule has 0 aliphatic heterocycles. The average Bonchev–Trinajstić information content (AvgIpc) is 2.48. The van der Waals surface area contributed by atoms with Gasteiger partial charge in [-0.15, -0.1) is 0 Å². The van der Waals surface area contributed by atoms with E-state index in [1.807, 2.05) is 19.1 Å². The SMILES string of the molecule is COC(=O)CCNC(=O)c1cc(C#CCCO)ccc1C. The molecule has 5 heteroatoms. The fraction of sp³-hybridized carbons (Fsp3) is 0.375. The monoisotopic (exact) mass is 289 g/mol. The summed E-state index contributed by atoms with van der Waals surface area (Å²) in [6.07, 6.45) is 0.534. The number of hydrogen-bond donors (Lipinski definition) is 2. The van der Waals surface area contributed by atoms with E-state index < -0.39 is 0 Å². The Hall–Kier alpha value is -2.32. The maximum Gasteiger partial charge on any atom is 0.307 e. The largest absolute Gasteiger partial charge is 0.469 e. The Kier molecular flexibility index (Phi) is 6.99. The predicted octanol–water partition coefficient (Wildman–Crippen LogP) is 1.02. The Morgan fingerprint density at radius 1 is 1.38 bits per heavy atom. The smallest absolute Gasteiger partial charge is 0.307 e. The van der Waals surface area contributed by atoms with Crippen LogP contribution in [0.2, 0.25) is 0 Å². The molecule has 112 valence electrons. The molecule has 2 N–H and O–H groups in total. The van der Waals surface area contributed by atoms with Crippen molar-refractivity contribution in [3.8, 4) is 11.8 Å². The number of aliphatic hydroxyl groups excluding tert-OH is 1. The van der Waals surface area contributed by atoms with Crippen molar-refractivity contribution in [2.45, 2.75) is 19.8 Å². The van der Waals surface area contributed by atoms with Crippen LogP contribution in [0.3, 0.4) is 0 Å². The minimum absolute atomic E-state index is 0.0136. The molecule has 0 saturated heterocycles. The number of carbonyl (C=O) groups is 2. The van der Waals surface area contributed by atoms with Gasteiger partial charge in [0.25, 0.3) is 5.91 Å². The summed E-state index contributed by atoms with van der Waals surface area (Å²) in [4.78, 5) is 23.1. The number of aryl methyl sites for hydroxylation is 1. The summed E-state index contributed by atoms with van der Waals surface area (Å²) in [6.45, 7) is 2.07. The molecule has 0 spiro atoms. The molecule has 21 heavy (non-hydrogen) atoms. The van der Waals surface area contributed by atoms with Gasteiger partial charge in [0.2, 0.25) is 0 Å². The van der Waals surface area contributed by atoms with Gasteiger partial charge >= 0.3 is 5.97 Å². The summed E-state index contributed by atoms with van der Waals surface area (Å²) in [5.41, 5.74) is 2.07. The molecule has 0 aliphatic carbocycles. The minimum atomic E-state index is -0.365. The highest BCUT2D eigenvalue weighted by Crippen LogP contribution is 2.10. The van der Waals surface area contributed by atoms with Gasteiger partial charge in [-0.25, -0.2) is 0 Å². The van der Waals surface area contributed by atoms with E-state index in [0.717, 1.165) is 5.56 Å². The van der Waals surface area contributed by atoms with Gasteiger partial charge in [0.1, 0.15) is 0 Å². The van der Waals surface area contributed by atoms with E-state index in [4.69, 9.17) is 5.11 Å². The molecule has 0 fully saturated rings. The van der Waals surface area contributed by atoms with Crippen molar-refractivity contribution < 1.29 is 19.4 Å². The second-order valence-electron chi connectivity index (χ2n) is 4.39. The van der Waals surface area contributed by atoms with Crippen molar-refractivity contribution in [1.29, 1.82) is 0 Å². The van der Waals surface area contributed by atoms with Crippen molar-refractivity contribution in [3.05, 3.63) is 34.9 Å². The van der Waals surface area contributed by atoms with E-state index in [1.165, 1.54) is 7.11 Å². The number of hydrogen-bond acceptors (Lipinski definition) is 4. The zero-order chi connectivity index (χ0) is 15.7. The molecule has 0 heterocycles. The number of aliphatic hydroxyl groups is 1. The number of amides is 1. The third-order valence-corrected chi connectivity index (χ3v) is 2.79. The molecular weight excluding hydrogens is 270 g/mol. The lowest BCUT2D eigenvalue weighted by Gasteiger charge is -2.07. The van der Waals surface area contributed by atoms with Crippen LogP contribution < -0.4 is 5.32 Å². The summed E-state index contributed by atoms with van der Waals surface area (Å²) >= 11 is 0. The van der Waals surface area contributed by atoms with Gasteiger partial charge in [-0.1, -0.05) is 17.9 Å². The van der Waals surface area contributed by atoms with Crippen LogP contribution in [0.5, 0.6) is 0 Å². The standard InChI is InChI=1S/C16H19NO4/c1-12-6-7-13(5-3-4-10-18)11-14(12)16(20)17-9-8-15(19)21-2/h6-7,11,18H,4,8-10H2,1-2H3,(H,17,20). The van der Waals surface area contributed by atoms with E-state index >= 15 is 0 Å². The minimum Gasteiger partial charge on any atom is -0.469 e. The van der Waals surface area contributed by atoms with Crippen molar-refractivity contribution in [2.24, 2.45) is 0 Å². The number of esters is 1. The Labute approximate surface area is 124 Å². The van der Waals surface area contributed by atoms with Crippen LogP contribution in [-0.4, -0.2) is 37.2 Å². The summed E-state index contributed by atoms with van der Waals surface area (Å²) < 4.78 is 4.51. The molecular formula is C16H19NO4. The summed E-state index contributed by atoms with van der Waals surface area (Å²) in [6, 6.07) is 5.34. The van der Waals surface area contributed by atoms with Crippen LogP contribution >= 0.6 is 0 Å². The highest BCUT2D eigenvalue weighted by atomic mass is 16.5. The van der Waals surface area contributed by atoms with Crippen molar-refractivity contribution in [3.63, 3.8) is 0 Å². The fourth-order valence-corrected chi connectivity index (χ4v) is 1.64. The second kappa shape index (κ2) is 8.77. The van der Waals surface area contributed by atoms with Crippen LogP contribution in [0.25, 0.3) is 0 Å². The first kappa shape index (κ1) is 16.7. The number of rotatable bonds is 5. The predicted molar refractivity (Wildman–Crippen MR) is 78.7 cm³/mol. The Morgan fingerprint density at radius 2 is 2.14 bits per heavy atom. The number of carbonyl (C=O) groups excluding carboxylic acids is 2. The zero-order valence-electron chi connectivity index (χ0n) is 12.2. The van der Waals surface area contributed by atoms with Crippen LogP contribution in [-0.2, 0) is 9.53 Å². The van der Waals surface area contributed by atoms with Gasteiger partial charge in [0.05, 0.1) is 20.1 Å². The van der Waals surface area contributed by atoms with Crippen LogP contribution in [0.4, 0.5) is 0 Å². The molecule has 0 radical (unpaired) electrons. The quantitative estimate of drug-likeness (QED) is 0.627. The lowest BCUT2D eigenvalue weighted by Crippen LogP contribution is -2.27. The molecule has 5 nitrogen and oxygen atoms in total. The van der Waals surface area contributed by atoms with E-state index in [2.05, 4.69) is 21.9 Å². The van der Waals surface area contributed by atoms with E-state index in [1.54, 1.807) is 6.07 Å². The van der Waals surface area contributed by atoms with E-state index in [0.29, 0.717) is 17.5 Å². The molecule has 1 aromatic carbocycles. The number of nitrogens with one attached hydrogen (secondary N) is 1. The third-order valence-electron chi connectivity index (χ3n) is 2.79. The first-order chi connectivity index (χ1) is 10.1. The van der Waals surface area contributed by atoms with Crippen molar-refractivity contribution in [1.82, 2.24) is 5.32 Å². The number of ether oxygens (including phenoxy) is 1. The van der Waals surface area contributed by atoms with Gasteiger partial charge in [0, 0.05) is 24.1 Å². The van der Waals surface area contributed by atoms with Gasteiger partial charge in [-0.3, -0.25) is 9.59 Å². The topological polar surface area (TPSA) is 75.6 Å². The molecule has 1 amide bonds. The van der Waals surface area contributed by atoms with Crippen molar-refractivity contribution >= 4 is 11.9 Å². The molecule has 0 unspecified atom stereocenters. The van der Waals surface area contributed by atoms with Gasteiger partial charge in [-0.05, 0) is 24.6 Å². The summed E-state index contributed by atoms with van der Waals surface area (Å²) in [7, 11) is 1.31. The van der Waals surface area contributed by atoms with Crippen molar-refractivity contribution in [2.75, 3.05) is 20.3 Å². The van der Waals surface area contributed by atoms with E-state index in [-0.39, 0.29) is 31.4 Å². The van der Waals surface area contributed by atoms with Crippen LogP contribution in [0, 0.1) is 18.8 Å². The average molecular weight is 289 g/mol. The highest BCUT2D eigenvalue weighted by molar-refractivity contribution is 5.96. The summed E-state index contributed by atoms with van der Waals surface area (Å²) in [5, 5.41) is 11.4. The Balaban J connectivity index is 2.72. The second-order valence-corrected chi connectivity index (χ2v) is 4.39. The highest BCUT2D eigenvalue weighted by Gasteiger charge is 2.10. The number of benzene rings is 1. The zero-order valence-corrected chi connectivity index (χ0v) is 12.2. The van der Waals surface area contributed by atoms with Gasteiger partial charge in [0.15, 0.2) is 0 Å². The Morgan fingerprint density at radius 3 is 2.81 bits per heavy atom. The lowest BCUT2D eigenvalue weighted by molar-refractivity contribution is -0.140. The molecule has 0 saturated carbocycles. The lowest BCUT2D eigenvalue weighted by atomic mass is 10.0. The summed E-state index contributed by atoms with van der Waals surface area (Å²) in [5.74, 6) is 5.08. The molecule has 1 rings (SSSR count). The van der Waals surface area contributed by atoms with Crippen LogP contribution in [0.1, 0.15) is 34.3 Å². The molecule has 0 bridgehead atoms. The molecule has 0 aromatic heterocycles. The molecule has 0 aliphatic rings. The molecule has 0 atom stereocenters. The number of methoxy groups -OCH3 is 1. The first-order valence-corrected chi connectivity index (χ1v) is 6.64. The molecule has 1 aromatic rings.